The molecule has 1 unspecified atom stereocenters. The highest BCUT2D eigenvalue weighted by Gasteiger charge is 2.10. The summed E-state index contributed by atoms with van der Waals surface area (Å²) >= 11 is 0. The molecule has 0 saturated carbocycles. The van der Waals surface area contributed by atoms with E-state index in [9.17, 15) is 9.59 Å². The summed E-state index contributed by atoms with van der Waals surface area (Å²) in [5.41, 5.74) is 0. The molecule has 0 fully saturated rings. The van der Waals surface area contributed by atoms with Gasteiger partial charge in [0.2, 0.25) is 0 Å². The topological polar surface area (TPSA) is 64.6 Å². The fourth-order valence-electron chi connectivity index (χ4n) is 0.872. The first-order valence-corrected chi connectivity index (χ1v) is 4.56. The average molecular weight is 203 g/mol. The standard InChI is InChI=1S/C9H17NO4/c1-4-14-8(11)5-7(2)10-6-9(12)13-3/h7,10H,4-6H2,1-3H3. The summed E-state index contributed by atoms with van der Waals surface area (Å²) in [7, 11) is 1.32. The average Bonchev–Trinajstić information content (AvgIpc) is 2.14. The van der Waals surface area contributed by atoms with Crippen molar-refractivity contribution in [2.24, 2.45) is 0 Å². The van der Waals surface area contributed by atoms with E-state index >= 15 is 0 Å². The van der Waals surface area contributed by atoms with Crippen molar-refractivity contribution in [3.05, 3.63) is 0 Å². The lowest BCUT2D eigenvalue weighted by molar-refractivity contribution is -0.144. The van der Waals surface area contributed by atoms with Crippen LogP contribution < -0.4 is 5.32 Å². The minimum absolute atomic E-state index is 0.0897. The van der Waals surface area contributed by atoms with E-state index in [2.05, 4.69) is 10.1 Å². The van der Waals surface area contributed by atoms with Crippen LogP contribution in [0.1, 0.15) is 20.3 Å². The van der Waals surface area contributed by atoms with Gasteiger partial charge in [0.15, 0.2) is 0 Å². The maximum atomic E-state index is 11.0. The second kappa shape index (κ2) is 7.32. The molecule has 0 aromatic heterocycles. The molecule has 0 aliphatic carbocycles. The van der Waals surface area contributed by atoms with Crippen LogP contribution in [0.5, 0.6) is 0 Å². The molecule has 0 saturated heterocycles. The van der Waals surface area contributed by atoms with Gasteiger partial charge in [0.05, 0.1) is 26.7 Å². The van der Waals surface area contributed by atoms with Crippen LogP contribution in [0, 0.1) is 0 Å². The van der Waals surface area contributed by atoms with Crippen molar-refractivity contribution in [1.29, 1.82) is 0 Å². The van der Waals surface area contributed by atoms with E-state index in [0.29, 0.717) is 6.61 Å². The fourth-order valence-corrected chi connectivity index (χ4v) is 0.872. The molecule has 1 N–H and O–H groups in total. The monoisotopic (exact) mass is 203 g/mol. The molecule has 0 aromatic carbocycles. The molecule has 5 heteroatoms. The summed E-state index contributed by atoms with van der Waals surface area (Å²) < 4.78 is 9.19. The zero-order chi connectivity index (χ0) is 11.0. The minimum Gasteiger partial charge on any atom is -0.468 e. The van der Waals surface area contributed by atoms with Crippen LogP contribution in [-0.2, 0) is 19.1 Å². The normalized spacial score (nSPS) is 11.9. The molecule has 0 bridgehead atoms. The van der Waals surface area contributed by atoms with Gasteiger partial charge in [-0.2, -0.15) is 0 Å². The molecule has 0 heterocycles. The van der Waals surface area contributed by atoms with Gasteiger partial charge < -0.3 is 14.8 Å². The van der Waals surface area contributed by atoms with E-state index < -0.39 is 0 Å². The van der Waals surface area contributed by atoms with Crippen molar-refractivity contribution in [2.75, 3.05) is 20.3 Å². The van der Waals surface area contributed by atoms with Crippen molar-refractivity contribution in [3.63, 3.8) is 0 Å². The Labute approximate surface area is 83.8 Å². The number of esters is 2. The van der Waals surface area contributed by atoms with Crippen LogP contribution in [0.15, 0.2) is 0 Å². The highest BCUT2D eigenvalue weighted by Crippen LogP contribution is 1.93. The summed E-state index contributed by atoms with van der Waals surface area (Å²) in [5.74, 6) is -0.613. The van der Waals surface area contributed by atoms with Crippen LogP contribution >= 0.6 is 0 Å². The predicted molar refractivity (Wildman–Crippen MR) is 50.7 cm³/mol. The molecule has 0 aromatic rings. The molecule has 0 rings (SSSR count). The summed E-state index contributed by atoms with van der Waals surface area (Å²) in [6.07, 6.45) is 0.255. The highest BCUT2D eigenvalue weighted by atomic mass is 16.5. The molecule has 0 radical (unpaired) electrons. The highest BCUT2D eigenvalue weighted by molar-refractivity contribution is 5.72. The third-order valence-corrected chi connectivity index (χ3v) is 1.60. The van der Waals surface area contributed by atoms with Gasteiger partial charge >= 0.3 is 11.9 Å². The summed E-state index contributed by atoms with van der Waals surface area (Å²) in [6.45, 7) is 4.05. The van der Waals surface area contributed by atoms with Crippen molar-refractivity contribution in [1.82, 2.24) is 5.32 Å². The molecule has 0 aliphatic rings. The van der Waals surface area contributed by atoms with E-state index in [1.54, 1.807) is 13.8 Å². The Morgan fingerprint density at radius 1 is 1.36 bits per heavy atom. The van der Waals surface area contributed by atoms with Crippen molar-refractivity contribution in [2.45, 2.75) is 26.3 Å². The number of hydrogen-bond acceptors (Lipinski definition) is 5. The van der Waals surface area contributed by atoms with Gasteiger partial charge in [0.25, 0.3) is 0 Å². The van der Waals surface area contributed by atoms with Crippen LogP contribution in [-0.4, -0.2) is 38.2 Å². The zero-order valence-electron chi connectivity index (χ0n) is 8.83. The molecule has 1 atom stereocenters. The maximum Gasteiger partial charge on any atom is 0.319 e. The Bertz CT molecular complexity index is 193. The molecular weight excluding hydrogens is 186 g/mol. The van der Waals surface area contributed by atoms with Crippen molar-refractivity contribution >= 4 is 11.9 Å². The van der Waals surface area contributed by atoms with E-state index in [1.807, 2.05) is 0 Å². The van der Waals surface area contributed by atoms with Gasteiger partial charge in [0.1, 0.15) is 0 Å². The molecule has 0 spiro atoms. The van der Waals surface area contributed by atoms with Gasteiger partial charge in [0, 0.05) is 6.04 Å². The van der Waals surface area contributed by atoms with Crippen LogP contribution in [0.4, 0.5) is 0 Å². The first-order chi connectivity index (χ1) is 6.60. The Morgan fingerprint density at radius 3 is 2.50 bits per heavy atom. The first kappa shape index (κ1) is 12.9. The summed E-state index contributed by atoms with van der Waals surface area (Å²) in [5, 5.41) is 2.85. The number of hydrogen-bond donors (Lipinski definition) is 1. The Balaban J connectivity index is 3.59. The SMILES string of the molecule is CCOC(=O)CC(C)NCC(=O)OC. The van der Waals surface area contributed by atoms with Crippen LogP contribution in [0.3, 0.4) is 0 Å². The van der Waals surface area contributed by atoms with E-state index in [1.165, 1.54) is 7.11 Å². The first-order valence-electron chi connectivity index (χ1n) is 4.56. The van der Waals surface area contributed by atoms with Crippen LogP contribution in [0.25, 0.3) is 0 Å². The number of carbonyl (C=O) groups excluding carboxylic acids is 2. The van der Waals surface area contributed by atoms with Gasteiger partial charge in [-0.3, -0.25) is 9.59 Å². The summed E-state index contributed by atoms with van der Waals surface area (Å²) in [4.78, 5) is 21.7. The molecule has 0 aliphatic heterocycles. The number of methoxy groups -OCH3 is 1. The number of nitrogens with one attached hydrogen (secondary N) is 1. The van der Waals surface area contributed by atoms with E-state index in [-0.39, 0.29) is 30.9 Å². The largest absolute Gasteiger partial charge is 0.468 e. The van der Waals surface area contributed by atoms with Crippen molar-refractivity contribution in [3.8, 4) is 0 Å². The van der Waals surface area contributed by atoms with Gasteiger partial charge in [-0.25, -0.2) is 0 Å². The lowest BCUT2D eigenvalue weighted by atomic mass is 10.2. The molecule has 0 amide bonds. The Hall–Kier alpha value is -1.10. The van der Waals surface area contributed by atoms with Crippen molar-refractivity contribution < 1.29 is 19.1 Å². The van der Waals surface area contributed by atoms with E-state index in [0.717, 1.165) is 0 Å². The second-order valence-corrected chi connectivity index (χ2v) is 2.87. The van der Waals surface area contributed by atoms with E-state index in [4.69, 9.17) is 4.74 Å². The van der Waals surface area contributed by atoms with Gasteiger partial charge in [-0.1, -0.05) is 0 Å². The van der Waals surface area contributed by atoms with Gasteiger partial charge in [-0.05, 0) is 13.8 Å². The number of ether oxygens (including phenoxy) is 2. The second-order valence-electron chi connectivity index (χ2n) is 2.87. The third kappa shape index (κ3) is 6.42. The van der Waals surface area contributed by atoms with Gasteiger partial charge in [-0.15, -0.1) is 0 Å². The zero-order valence-corrected chi connectivity index (χ0v) is 8.83. The molecule has 14 heavy (non-hydrogen) atoms. The molecule has 5 nitrogen and oxygen atoms in total. The predicted octanol–water partition coefficient (Wildman–Crippen LogP) is 0.0907. The molecule has 82 valence electrons. The lowest BCUT2D eigenvalue weighted by Crippen LogP contribution is -2.34. The fraction of sp³-hybridized carbons (Fsp3) is 0.778. The number of carbonyl (C=O) groups is 2. The smallest absolute Gasteiger partial charge is 0.319 e. The van der Waals surface area contributed by atoms with Crippen LogP contribution in [0.2, 0.25) is 0 Å². The summed E-state index contributed by atoms with van der Waals surface area (Å²) in [6, 6.07) is -0.0897. The third-order valence-electron chi connectivity index (χ3n) is 1.60. The molecular formula is C9H17NO4. The number of rotatable bonds is 6. The minimum atomic E-state index is -0.347. The lowest BCUT2D eigenvalue weighted by Gasteiger charge is -2.11. The maximum absolute atomic E-state index is 11.0. The Morgan fingerprint density at radius 2 is 2.00 bits per heavy atom. The Kier molecular flexibility index (Phi) is 6.74. The quantitative estimate of drug-likeness (QED) is 0.620.